The minimum Gasteiger partial charge on any atom is -0.508 e. The average Bonchev–Trinajstić information content (AvgIpc) is 2.15. The van der Waals surface area contributed by atoms with Crippen LogP contribution in [0.3, 0.4) is 0 Å². The van der Waals surface area contributed by atoms with Gasteiger partial charge in [-0.1, -0.05) is 26.8 Å². The molecule has 0 unspecified atom stereocenters. The van der Waals surface area contributed by atoms with Crippen LogP contribution in [0.4, 0.5) is 0 Å². The maximum Gasteiger partial charge on any atom is 0.119 e. The Morgan fingerprint density at radius 2 is 1.67 bits per heavy atom. The molecule has 0 saturated heterocycles. The molecule has 0 aromatic heterocycles. The molecule has 1 aromatic rings. The number of rotatable bonds is 2. The van der Waals surface area contributed by atoms with Gasteiger partial charge in [-0.25, -0.2) is 0 Å². The summed E-state index contributed by atoms with van der Waals surface area (Å²) < 4.78 is 0. The summed E-state index contributed by atoms with van der Waals surface area (Å²) in [4.78, 5) is 0. The number of aromatic hydroxyl groups is 1. The smallest absolute Gasteiger partial charge is 0.119 e. The summed E-state index contributed by atoms with van der Waals surface area (Å²) in [7, 11) is 0. The molecule has 0 radical (unpaired) electrons. The fraction of sp³-hybridized carbons (Fsp3) is 0.500. The molecule has 0 atom stereocenters. The summed E-state index contributed by atoms with van der Waals surface area (Å²) in [5.74, 6) is 0.170. The maximum atomic E-state index is 9.79. The van der Waals surface area contributed by atoms with E-state index in [0.29, 0.717) is 16.7 Å². The second kappa shape index (κ2) is 4.21. The number of phenols is 1. The van der Waals surface area contributed by atoms with Gasteiger partial charge in [0.15, 0.2) is 0 Å². The van der Waals surface area contributed by atoms with E-state index >= 15 is 0 Å². The summed E-state index contributed by atoms with van der Waals surface area (Å²) in [6.45, 7) is 5.59. The summed E-state index contributed by atoms with van der Waals surface area (Å²) >= 11 is 0. The predicted molar refractivity (Wildman–Crippen MR) is 58.7 cm³/mol. The maximum absolute atomic E-state index is 9.79. The van der Waals surface area contributed by atoms with Crippen molar-refractivity contribution in [1.29, 1.82) is 0 Å². The second-order valence-electron chi connectivity index (χ2n) is 4.66. The van der Waals surface area contributed by atoms with Crippen molar-refractivity contribution < 1.29 is 15.3 Å². The largest absolute Gasteiger partial charge is 0.508 e. The van der Waals surface area contributed by atoms with E-state index in [-0.39, 0.29) is 24.4 Å². The van der Waals surface area contributed by atoms with Gasteiger partial charge in [0.1, 0.15) is 5.75 Å². The molecule has 1 rings (SSSR count). The van der Waals surface area contributed by atoms with Gasteiger partial charge in [-0.05, 0) is 22.6 Å². The van der Waals surface area contributed by atoms with Gasteiger partial charge in [0.05, 0.1) is 13.2 Å². The van der Waals surface area contributed by atoms with Crippen LogP contribution in [-0.2, 0) is 18.6 Å². The lowest BCUT2D eigenvalue weighted by Gasteiger charge is -2.25. The molecule has 0 aliphatic heterocycles. The van der Waals surface area contributed by atoms with Crippen LogP contribution in [0.1, 0.15) is 37.5 Å². The number of benzene rings is 1. The third kappa shape index (κ3) is 2.30. The van der Waals surface area contributed by atoms with E-state index in [9.17, 15) is 10.2 Å². The zero-order chi connectivity index (χ0) is 11.6. The van der Waals surface area contributed by atoms with Crippen molar-refractivity contribution in [2.45, 2.75) is 39.4 Å². The molecule has 0 fully saturated rings. The number of hydrogen-bond acceptors (Lipinski definition) is 3. The predicted octanol–water partition coefficient (Wildman–Crippen LogP) is 1.67. The molecule has 3 nitrogen and oxygen atoms in total. The minimum absolute atomic E-state index is 0.126. The van der Waals surface area contributed by atoms with E-state index in [2.05, 4.69) is 0 Å². The van der Waals surface area contributed by atoms with E-state index in [4.69, 9.17) is 5.11 Å². The Labute approximate surface area is 90.0 Å². The molecule has 0 amide bonds. The number of phenolic OH excluding ortho intramolecular Hbond substituents is 1. The van der Waals surface area contributed by atoms with Gasteiger partial charge in [0.25, 0.3) is 0 Å². The molecule has 15 heavy (non-hydrogen) atoms. The van der Waals surface area contributed by atoms with Crippen molar-refractivity contribution in [3.8, 4) is 5.75 Å². The Morgan fingerprint density at radius 3 is 2.07 bits per heavy atom. The first-order valence-electron chi connectivity index (χ1n) is 4.97. The van der Waals surface area contributed by atoms with Gasteiger partial charge in [0, 0.05) is 5.56 Å². The van der Waals surface area contributed by atoms with Gasteiger partial charge in [-0.15, -0.1) is 0 Å². The lowest BCUT2D eigenvalue weighted by atomic mass is 9.81. The Morgan fingerprint density at radius 1 is 1.07 bits per heavy atom. The Kier molecular flexibility index (Phi) is 3.37. The van der Waals surface area contributed by atoms with E-state index < -0.39 is 0 Å². The number of hydrogen-bond donors (Lipinski definition) is 3. The van der Waals surface area contributed by atoms with Crippen LogP contribution in [-0.4, -0.2) is 15.3 Å². The van der Waals surface area contributed by atoms with Gasteiger partial charge >= 0.3 is 0 Å². The summed E-state index contributed by atoms with van der Waals surface area (Å²) in [6.07, 6.45) is 0. The van der Waals surface area contributed by atoms with Crippen LogP contribution in [0.15, 0.2) is 12.1 Å². The van der Waals surface area contributed by atoms with Crippen molar-refractivity contribution >= 4 is 0 Å². The Bertz CT molecular complexity index is 351. The molecule has 0 spiro atoms. The van der Waals surface area contributed by atoms with Crippen molar-refractivity contribution in [3.05, 3.63) is 28.8 Å². The van der Waals surface area contributed by atoms with Crippen LogP contribution >= 0.6 is 0 Å². The summed E-state index contributed by atoms with van der Waals surface area (Å²) in [5, 5.41) is 28.2. The first-order chi connectivity index (χ1) is 6.91. The van der Waals surface area contributed by atoms with E-state index in [0.717, 1.165) is 0 Å². The van der Waals surface area contributed by atoms with Crippen molar-refractivity contribution in [2.24, 2.45) is 0 Å². The van der Waals surface area contributed by atoms with Gasteiger partial charge in [-0.2, -0.15) is 0 Å². The SMILES string of the molecule is CC(C)(C)c1c(O)ccc(CO)c1CO. The Balaban J connectivity index is 3.46. The average molecular weight is 210 g/mol. The highest BCUT2D eigenvalue weighted by atomic mass is 16.3. The van der Waals surface area contributed by atoms with Crippen LogP contribution in [0.2, 0.25) is 0 Å². The van der Waals surface area contributed by atoms with Gasteiger partial charge in [0.2, 0.25) is 0 Å². The highest BCUT2D eigenvalue weighted by Gasteiger charge is 2.23. The second-order valence-corrected chi connectivity index (χ2v) is 4.66. The molecule has 3 N–H and O–H groups in total. The summed E-state index contributed by atoms with van der Waals surface area (Å²) in [5.41, 5.74) is 1.75. The van der Waals surface area contributed by atoms with Crippen LogP contribution in [0.25, 0.3) is 0 Å². The topological polar surface area (TPSA) is 60.7 Å². The highest BCUT2D eigenvalue weighted by molar-refractivity contribution is 5.47. The number of aliphatic hydroxyl groups is 2. The van der Waals surface area contributed by atoms with Crippen molar-refractivity contribution in [2.75, 3.05) is 0 Å². The molecule has 0 saturated carbocycles. The molecule has 0 bridgehead atoms. The molecular weight excluding hydrogens is 192 g/mol. The summed E-state index contributed by atoms with van der Waals surface area (Å²) in [6, 6.07) is 3.20. The van der Waals surface area contributed by atoms with Crippen LogP contribution < -0.4 is 0 Å². The fourth-order valence-corrected chi connectivity index (χ4v) is 1.84. The van der Waals surface area contributed by atoms with E-state index in [1.807, 2.05) is 20.8 Å². The van der Waals surface area contributed by atoms with Crippen LogP contribution in [0.5, 0.6) is 5.75 Å². The van der Waals surface area contributed by atoms with Crippen LogP contribution in [0, 0.1) is 0 Å². The van der Waals surface area contributed by atoms with Gasteiger partial charge < -0.3 is 15.3 Å². The molecular formula is C12H18O3. The molecule has 3 heteroatoms. The fourth-order valence-electron chi connectivity index (χ4n) is 1.84. The van der Waals surface area contributed by atoms with E-state index in [1.165, 1.54) is 0 Å². The molecule has 84 valence electrons. The number of aliphatic hydroxyl groups excluding tert-OH is 2. The first kappa shape index (κ1) is 12.0. The van der Waals surface area contributed by atoms with Gasteiger partial charge in [-0.3, -0.25) is 0 Å². The lowest BCUT2D eigenvalue weighted by Crippen LogP contribution is -2.16. The van der Waals surface area contributed by atoms with Crippen molar-refractivity contribution in [3.63, 3.8) is 0 Å². The third-order valence-corrected chi connectivity index (χ3v) is 2.47. The molecule has 0 heterocycles. The minimum atomic E-state index is -0.257. The van der Waals surface area contributed by atoms with E-state index in [1.54, 1.807) is 12.1 Å². The standard InChI is InChI=1S/C12H18O3/c1-12(2,3)11-9(7-14)8(6-13)4-5-10(11)15/h4-5,13-15H,6-7H2,1-3H3. The molecule has 0 aliphatic carbocycles. The molecule has 1 aromatic carbocycles. The normalized spacial score (nSPS) is 11.8. The highest BCUT2D eigenvalue weighted by Crippen LogP contribution is 2.35. The zero-order valence-electron chi connectivity index (χ0n) is 9.41. The zero-order valence-corrected chi connectivity index (χ0v) is 9.41. The first-order valence-corrected chi connectivity index (χ1v) is 4.97. The third-order valence-electron chi connectivity index (χ3n) is 2.47. The monoisotopic (exact) mass is 210 g/mol. The van der Waals surface area contributed by atoms with Crippen molar-refractivity contribution in [1.82, 2.24) is 0 Å². The Hall–Kier alpha value is -1.06. The quantitative estimate of drug-likeness (QED) is 0.696. The molecule has 0 aliphatic rings. The lowest BCUT2D eigenvalue weighted by molar-refractivity contribution is 0.256.